The van der Waals surface area contributed by atoms with Crippen LogP contribution >= 0.6 is 0 Å². The second-order valence-corrected chi connectivity index (χ2v) is 6.29. The van der Waals surface area contributed by atoms with Crippen LogP contribution in [0.3, 0.4) is 0 Å². The summed E-state index contributed by atoms with van der Waals surface area (Å²) in [5.74, 6) is 0.354. The Kier molecular flexibility index (Phi) is 4.06. The lowest BCUT2D eigenvalue weighted by molar-refractivity contribution is 0.0327. The first-order chi connectivity index (χ1) is 7.25. The molecule has 2 aliphatic carbocycles. The minimum absolute atomic E-state index is 0.354. The maximum Gasteiger partial charge on any atom is 0.0614 e. The number of nitrogens with two attached hydrogens (primary N) is 1. The summed E-state index contributed by atoms with van der Waals surface area (Å²) in [5.41, 5.74) is 7.02. The van der Waals surface area contributed by atoms with E-state index in [9.17, 15) is 0 Å². The van der Waals surface area contributed by atoms with Crippen molar-refractivity contribution in [2.75, 3.05) is 0 Å². The lowest BCUT2D eigenvalue weighted by Crippen LogP contribution is -2.25. The maximum absolute atomic E-state index is 9.09. The molecule has 2 heteroatoms. The van der Waals surface area contributed by atoms with E-state index < -0.39 is 5.60 Å². The van der Waals surface area contributed by atoms with Gasteiger partial charge in [0.25, 0.3) is 0 Å². The zero-order valence-corrected chi connectivity index (χ0v) is 11.2. The predicted octanol–water partition coefficient (Wildman–Crippen LogP) is 3.21. The van der Waals surface area contributed by atoms with Crippen LogP contribution in [-0.4, -0.2) is 10.7 Å². The quantitative estimate of drug-likeness (QED) is 0.720. The van der Waals surface area contributed by atoms with Gasteiger partial charge in [0.1, 0.15) is 0 Å². The summed E-state index contributed by atoms with van der Waals surface area (Å²) in [4.78, 5) is 0. The average molecular weight is 225 g/mol. The van der Waals surface area contributed by atoms with Crippen molar-refractivity contribution in [2.45, 2.75) is 65.4 Å². The lowest BCUT2D eigenvalue weighted by atomic mass is 9.90. The van der Waals surface area contributed by atoms with Gasteiger partial charge < -0.3 is 10.8 Å². The van der Waals surface area contributed by atoms with Gasteiger partial charge in [-0.2, -0.15) is 0 Å². The monoisotopic (exact) mass is 225 g/mol. The zero-order chi connectivity index (χ0) is 12.4. The molecule has 0 aromatic heterocycles. The molecule has 0 atom stereocenters. The van der Waals surface area contributed by atoms with Crippen molar-refractivity contribution in [3.8, 4) is 0 Å². The van der Waals surface area contributed by atoms with Crippen LogP contribution in [-0.2, 0) is 0 Å². The Bertz CT molecular complexity index is 256. The molecule has 2 nitrogen and oxygen atoms in total. The summed E-state index contributed by atoms with van der Waals surface area (Å²) in [6, 6.07) is 0. The minimum atomic E-state index is -0.500. The molecule has 0 aromatic rings. The number of rotatable bonds is 1. The van der Waals surface area contributed by atoms with Gasteiger partial charge in [-0.25, -0.2) is 0 Å². The largest absolute Gasteiger partial charge is 0.402 e. The molecule has 16 heavy (non-hydrogen) atoms. The molecule has 0 aromatic carbocycles. The standard InChI is InChI=1S/C8H13N.C6H14O/c9-7-1-3-8(4-2-7)5-6-8;1-5(2)6(3,4)7/h1H,2-6,9H2;5,7H,1-4H3. The third-order valence-electron chi connectivity index (χ3n) is 4.11. The Morgan fingerprint density at radius 1 is 1.31 bits per heavy atom. The fourth-order valence-electron chi connectivity index (χ4n) is 1.59. The number of aliphatic hydroxyl groups is 1. The van der Waals surface area contributed by atoms with Crippen LogP contribution in [0.2, 0.25) is 0 Å². The lowest BCUT2D eigenvalue weighted by Gasteiger charge is -2.21. The molecule has 0 amide bonds. The summed E-state index contributed by atoms with van der Waals surface area (Å²) in [6.45, 7) is 7.63. The van der Waals surface area contributed by atoms with Gasteiger partial charge >= 0.3 is 0 Å². The average Bonchev–Trinajstić information content (AvgIpc) is 2.91. The van der Waals surface area contributed by atoms with E-state index in [1.54, 1.807) is 0 Å². The van der Waals surface area contributed by atoms with Crippen molar-refractivity contribution >= 4 is 0 Å². The smallest absolute Gasteiger partial charge is 0.0614 e. The van der Waals surface area contributed by atoms with E-state index in [4.69, 9.17) is 10.8 Å². The molecule has 2 aliphatic rings. The molecule has 2 rings (SSSR count). The molecule has 1 fully saturated rings. The molecule has 0 heterocycles. The van der Waals surface area contributed by atoms with Gasteiger partial charge in [-0.05, 0) is 57.3 Å². The molecular formula is C14H27NO. The van der Waals surface area contributed by atoms with Gasteiger partial charge in [-0.3, -0.25) is 0 Å². The van der Waals surface area contributed by atoms with Gasteiger partial charge in [-0.1, -0.05) is 19.9 Å². The Morgan fingerprint density at radius 3 is 2.06 bits per heavy atom. The van der Waals surface area contributed by atoms with Crippen molar-refractivity contribution < 1.29 is 5.11 Å². The third kappa shape index (κ3) is 4.17. The Hall–Kier alpha value is -0.500. The molecule has 1 spiro atoms. The Balaban J connectivity index is 0.000000168. The van der Waals surface area contributed by atoms with Crippen LogP contribution in [0, 0.1) is 11.3 Å². The third-order valence-corrected chi connectivity index (χ3v) is 4.11. The summed E-state index contributed by atoms with van der Waals surface area (Å²) >= 11 is 0. The SMILES string of the molecule is CC(C)C(C)(C)O.NC1=CCC2(CC1)CC2. The van der Waals surface area contributed by atoms with E-state index in [0.29, 0.717) is 5.92 Å². The molecule has 0 aliphatic heterocycles. The van der Waals surface area contributed by atoms with Crippen LogP contribution in [0.5, 0.6) is 0 Å². The molecule has 0 saturated heterocycles. The van der Waals surface area contributed by atoms with Gasteiger partial charge in [-0.15, -0.1) is 0 Å². The highest BCUT2D eigenvalue weighted by atomic mass is 16.3. The van der Waals surface area contributed by atoms with E-state index in [1.807, 2.05) is 27.7 Å². The summed E-state index contributed by atoms with van der Waals surface area (Å²) in [6.07, 6.45) is 8.90. The summed E-state index contributed by atoms with van der Waals surface area (Å²) in [5, 5.41) is 9.09. The van der Waals surface area contributed by atoms with Crippen LogP contribution in [0.25, 0.3) is 0 Å². The molecule has 3 N–H and O–H groups in total. The van der Waals surface area contributed by atoms with E-state index in [2.05, 4.69) is 6.08 Å². The normalized spacial score (nSPS) is 22.5. The fraction of sp³-hybridized carbons (Fsp3) is 0.857. The van der Waals surface area contributed by atoms with Crippen molar-refractivity contribution in [3.63, 3.8) is 0 Å². The van der Waals surface area contributed by atoms with Crippen LogP contribution < -0.4 is 5.73 Å². The van der Waals surface area contributed by atoms with Crippen molar-refractivity contribution in [1.82, 2.24) is 0 Å². The number of hydrogen-bond acceptors (Lipinski definition) is 2. The highest BCUT2D eigenvalue weighted by molar-refractivity contribution is 5.10. The van der Waals surface area contributed by atoms with Gasteiger partial charge in [0.2, 0.25) is 0 Å². The Labute approximate surface area is 99.9 Å². The van der Waals surface area contributed by atoms with Crippen molar-refractivity contribution in [3.05, 3.63) is 11.8 Å². The van der Waals surface area contributed by atoms with Gasteiger partial charge in [0.15, 0.2) is 0 Å². The fourth-order valence-corrected chi connectivity index (χ4v) is 1.59. The molecule has 0 bridgehead atoms. The Morgan fingerprint density at radius 2 is 1.81 bits per heavy atom. The van der Waals surface area contributed by atoms with Gasteiger partial charge in [0, 0.05) is 5.70 Å². The molecule has 0 radical (unpaired) electrons. The first kappa shape index (κ1) is 13.6. The van der Waals surface area contributed by atoms with Crippen LogP contribution in [0.1, 0.15) is 59.8 Å². The topological polar surface area (TPSA) is 46.2 Å². The zero-order valence-electron chi connectivity index (χ0n) is 11.2. The number of allylic oxidation sites excluding steroid dienone is 2. The number of hydrogen-bond donors (Lipinski definition) is 2. The highest BCUT2D eigenvalue weighted by Gasteiger charge is 2.42. The van der Waals surface area contributed by atoms with E-state index >= 15 is 0 Å². The second-order valence-electron chi connectivity index (χ2n) is 6.29. The molecule has 0 unspecified atom stereocenters. The van der Waals surface area contributed by atoms with Crippen molar-refractivity contribution in [2.24, 2.45) is 17.1 Å². The van der Waals surface area contributed by atoms with E-state index in [1.165, 1.54) is 25.7 Å². The molecular weight excluding hydrogens is 198 g/mol. The maximum atomic E-state index is 9.09. The van der Waals surface area contributed by atoms with Crippen LogP contribution in [0.4, 0.5) is 0 Å². The predicted molar refractivity (Wildman–Crippen MR) is 68.9 cm³/mol. The molecule has 1 saturated carbocycles. The summed E-state index contributed by atoms with van der Waals surface area (Å²) in [7, 11) is 0. The van der Waals surface area contributed by atoms with E-state index in [-0.39, 0.29) is 0 Å². The minimum Gasteiger partial charge on any atom is -0.402 e. The van der Waals surface area contributed by atoms with Gasteiger partial charge in [0.05, 0.1) is 5.60 Å². The summed E-state index contributed by atoms with van der Waals surface area (Å²) < 4.78 is 0. The van der Waals surface area contributed by atoms with Crippen LogP contribution in [0.15, 0.2) is 11.8 Å². The highest BCUT2D eigenvalue weighted by Crippen LogP contribution is 2.54. The van der Waals surface area contributed by atoms with Crippen molar-refractivity contribution in [1.29, 1.82) is 0 Å². The first-order valence-electron chi connectivity index (χ1n) is 6.42. The first-order valence-corrected chi connectivity index (χ1v) is 6.42. The van der Waals surface area contributed by atoms with E-state index in [0.717, 1.165) is 17.5 Å². The second kappa shape index (κ2) is 4.79. The molecule has 94 valence electrons.